The van der Waals surface area contributed by atoms with Gasteiger partial charge in [0, 0.05) is 43.5 Å². The Morgan fingerprint density at radius 1 is 1.08 bits per heavy atom. The van der Waals surface area contributed by atoms with Crippen LogP contribution in [0.15, 0.2) is 56.4 Å². The number of hydrogen-bond donors (Lipinski definition) is 3. The zero-order valence-corrected chi connectivity index (χ0v) is 21.4. The summed E-state index contributed by atoms with van der Waals surface area (Å²) in [6.07, 6.45) is 4.40. The summed E-state index contributed by atoms with van der Waals surface area (Å²) in [5.74, 6) is 2.29. The number of likely N-dealkylation sites (tertiary alicyclic amines) is 1. The molecule has 3 aliphatic rings. The molecule has 0 atom stereocenters. The molecule has 1 fully saturated rings. The van der Waals surface area contributed by atoms with Gasteiger partial charge in [-0.2, -0.15) is 0 Å². The second kappa shape index (κ2) is 9.81. The van der Waals surface area contributed by atoms with Gasteiger partial charge in [-0.25, -0.2) is 14.6 Å². The van der Waals surface area contributed by atoms with Crippen molar-refractivity contribution in [3.8, 4) is 11.5 Å². The van der Waals surface area contributed by atoms with E-state index in [1.54, 1.807) is 13.2 Å². The maximum absolute atomic E-state index is 13.0. The fourth-order valence-electron chi connectivity index (χ4n) is 5.37. The van der Waals surface area contributed by atoms with Crippen LogP contribution < -0.4 is 25.9 Å². The van der Waals surface area contributed by atoms with Crippen molar-refractivity contribution in [2.24, 2.45) is 4.99 Å². The SMILES string of the molecule is COc1ccc2c(c1)CCN(C1CCN(C3=CC(Oc4cc(C)c5[nH]c(=O)oc5c4)=NCN3)CC1)C(=O)N2. The van der Waals surface area contributed by atoms with Gasteiger partial charge in [-0.15, -0.1) is 0 Å². The van der Waals surface area contributed by atoms with Gasteiger partial charge < -0.3 is 34.3 Å². The molecule has 38 heavy (non-hydrogen) atoms. The van der Waals surface area contributed by atoms with E-state index in [4.69, 9.17) is 13.9 Å². The molecule has 0 aliphatic carbocycles. The molecule has 4 heterocycles. The minimum absolute atomic E-state index is 0.0456. The van der Waals surface area contributed by atoms with Gasteiger partial charge in [-0.1, -0.05) is 0 Å². The van der Waals surface area contributed by atoms with Crippen molar-refractivity contribution < 1.29 is 18.7 Å². The van der Waals surface area contributed by atoms with Gasteiger partial charge in [0.2, 0.25) is 5.90 Å². The van der Waals surface area contributed by atoms with Crippen molar-refractivity contribution in [2.75, 3.05) is 38.7 Å². The average molecular weight is 519 g/mol. The van der Waals surface area contributed by atoms with Crippen LogP contribution >= 0.6 is 0 Å². The summed E-state index contributed by atoms with van der Waals surface area (Å²) in [7, 11) is 1.65. The number of aromatic amines is 1. The van der Waals surface area contributed by atoms with Gasteiger partial charge in [0.15, 0.2) is 5.58 Å². The van der Waals surface area contributed by atoms with Crippen LogP contribution in [0.1, 0.15) is 24.0 Å². The van der Waals surface area contributed by atoms with E-state index in [9.17, 15) is 9.59 Å². The number of amides is 2. The Kier molecular flexibility index (Phi) is 6.18. The van der Waals surface area contributed by atoms with Crippen molar-refractivity contribution >= 4 is 28.7 Å². The molecular formula is C27H30N6O5. The first-order valence-electron chi connectivity index (χ1n) is 12.8. The van der Waals surface area contributed by atoms with Crippen molar-refractivity contribution in [1.82, 2.24) is 20.1 Å². The highest BCUT2D eigenvalue weighted by atomic mass is 16.5. The first kappa shape index (κ1) is 24.0. The lowest BCUT2D eigenvalue weighted by atomic mass is 10.0. The average Bonchev–Trinajstić information content (AvgIpc) is 3.22. The molecule has 198 valence electrons. The van der Waals surface area contributed by atoms with E-state index in [1.165, 1.54) is 0 Å². The Balaban J connectivity index is 1.09. The first-order valence-corrected chi connectivity index (χ1v) is 12.8. The predicted octanol–water partition coefficient (Wildman–Crippen LogP) is 3.17. The van der Waals surface area contributed by atoms with E-state index < -0.39 is 5.76 Å². The van der Waals surface area contributed by atoms with Gasteiger partial charge in [0.05, 0.1) is 12.6 Å². The highest BCUT2D eigenvalue weighted by Crippen LogP contribution is 2.28. The van der Waals surface area contributed by atoms with Gasteiger partial charge in [-0.3, -0.25) is 4.98 Å². The van der Waals surface area contributed by atoms with Gasteiger partial charge in [-0.05, 0) is 61.6 Å². The number of hydrogen-bond acceptors (Lipinski definition) is 8. The molecule has 6 rings (SSSR count). The quantitative estimate of drug-likeness (QED) is 0.485. The van der Waals surface area contributed by atoms with Crippen molar-refractivity contribution in [2.45, 2.75) is 32.2 Å². The molecule has 11 nitrogen and oxygen atoms in total. The maximum atomic E-state index is 13.0. The van der Waals surface area contributed by atoms with Crippen LogP contribution in [-0.2, 0) is 6.42 Å². The number of oxazole rings is 1. The van der Waals surface area contributed by atoms with Crippen LogP contribution in [-0.4, -0.2) is 66.2 Å². The van der Waals surface area contributed by atoms with E-state index in [1.807, 2.05) is 42.2 Å². The Bertz CT molecular complexity index is 1500. The number of aromatic nitrogens is 1. The molecule has 3 aliphatic heterocycles. The maximum Gasteiger partial charge on any atom is 0.417 e. The Morgan fingerprint density at radius 3 is 2.74 bits per heavy atom. The zero-order valence-electron chi connectivity index (χ0n) is 21.4. The van der Waals surface area contributed by atoms with Crippen LogP contribution in [0, 0.1) is 6.92 Å². The molecule has 3 aromatic rings. The van der Waals surface area contributed by atoms with E-state index >= 15 is 0 Å². The van der Waals surface area contributed by atoms with E-state index in [0.717, 1.165) is 60.7 Å². The number of ether oxygens (including phenoxy) is 2. The number of methoxy groups -OCH3 is 1. The number of anilines is 1. The molecule has 1 aromatic heterocycles. The fourth-order valence-corrected chi connectivity index (χ4v) is 5.37. The summed E-state index contributed by atoms with van der Waals surface area (Å²) in [5, 5.41) is 6.41. The molecule has 3 N–H and O–H groups in total. The molecule has 11 heteroatoms. The summed E-state index contributed by atoms with van der Waals surface area (Å²) in [6, 6.07) is 9.43. The molecule has 0 saturated carbocycles. The molecule has 1 saturated heterocycles. The molecule has 0 spiro atoms. The number of fused-ring (bicyclic) bond motifs is 2. The van der Waals surface area contributed by atoms with Gasteiger partial charge >= 0.3 is 11.8 Å². The van der Waals surface area contributed by atoms with Crippen LogP contribution in [0.4, 0.5) is 10.5 Å². The third-order valence-electron chi connectivity index (χ3n) is 7.36. The van der Waals surface area contributed by atoms with Gasteiger partial charge in [0.1, 0.15) is 24.0 Å². The number of benzene rings is 2. The number of rotatable bonds is 4. The normalized spacial score (nSPS) is 18.2. The number of H-pyrrole nitrogens is 1. The Hall–Kier alpha value is -4.41. The van der Waals surface area contributed by atoms with E-state index in [0.29, 0.717) is 36.0 Å². The largest absolute Gasteiger partial charge is 0.497 e. The molecular weight excluding hydrogens is 488 g/mol. The predicted molar refractivity (Wildman–Crippen MR) is 143 cm³/mol. The second-order valence-electron chi connectivity index (χ2n) is 9.71. The standard InChI is InChI=1S/C27H30N6O5/c1-16-11-20(13-22-25(16)31-27(35)38-22)37-24-14-23(28-15-29-24)32-8-6-18(7-9-32)33-10-5-17-12-19(36-2)3-4-21(17)30-26(33)34/h3-4,11-14,18,28H,5-10,15H2,1-2H3,(H,30,34)(H,31,35). The Morgan fingerprint density at radius 2 is 1.92 bits per heavy atom. The van der Waals surface area contributed by atoms with Crippen molar-refractivity contribution in [1.29, 1.82) is 0 Å². The van der Waals surface area contributed by atoms with Crippen LogP contribution in [0.25, 0.3) is 11.1 Å². The topological polar surface area (TPSA) is 124 Å². The summed E-state index contributed by atoms with van der Waals surface area (Å²) in [4.78, 5) is 35.9. The highest BCUT2D eigenvalue weighted by molar-refractivity contribution is 5.92. The number of urea groups is 1. The third kappa shape index (κ3) is 4.67. The van der Waals surface area contributed by atoms with Crippen LogP contribution in [0.5, 0.6) is 11.5 Å². The number of piperidine rings is 1. The van der Waals surface area contributed by atoms with Gasteiger partial charge in [0.25, 0.3) is 0 Å². The second-order valence-corrected chi connectivity index (χ2v) is 9.71. The minimum atomic E-state index is -0.493. The lowest BCUT2D eigenvalue weighted by Gasteiger charge is -2.40. The summed E-state index contributed by atoms with van der Waals surface area (Å²) in [6.45, 7) is 4.57. The number of aliphatic imine (C=N–C) groups is 1. The van der Waals surface area contributed by atoms with E-state index in [-0.39, 0.29) is 12.1 Å². The lowest BCUT2D eigenvalue weighted by Crippen LogP contribution is -2.50. The fraction of sp³-hybridized carbons (Fsp3) is 0.370. The monoisotopic (exact) mass is 518 g/mol. The first-order chi connectivity index (χ1) is 18.5. The summed E-state index contributed by atoms with van der Waals surface area (Å²) >= 11 is 0. The molecule has 0 bridgehead atoms. The number of aryl methyl sites for hydroxylation is 1. The zero-order chi connectivity index (χ0) is 26.2. The van der Waals surface area contributed by atoms with Crippen LogP contribution in [0.3, 0.4) is 0 Å². The molecule has 0 unspecified atom stereocenters. The number of carbonyl (C=O) groups excluding carboxylic acids is 1. The number of nitrogens with zero attached hydrogens (tertiary/aromatic N) is 3. The van der Waals surface area contributed by atoms with Crippen LogP contribution in [0.2, 0.25) is 0 Å². The molecule has 2 aromatic carbocycles. The minimum Gasteiger partial charge on any atom is -0.497 e. The number of carbonyl (C=O) groups is 1. The summed E-state index contributed by atoms with van der Waals surface area (Å²) in [5.41, 5.74) is 3.91. The highest BCUT2D eigenvalue weighted by Gasteiger charge is 2.31. The Labute approximate surface area is 219 Å². The lowest BCUT2D eigenvalue weighted by molar-refractivity contribution is 0.140. The van der Waals surface area contributed by atoms with E-state index in [2.05, 4.69) is 25.5 Å². The molecule has 2 amide bonds. The van der Waals surface area contributed by atoms with Crippen molar-refractivity contribution in [3.63, 3.8) is 0 Å². The molecule has 0 radical (unpaired) electrons. The smallest absolute Gasteiger partial charge is 0.417 e. The third-order valence-corrected chi connectivity index (χ3v) is 7.36. The summed E-state index contributed by atoms with van der Waals surface area (Å²) < 4.78 is 16.6. The van der Waals surface area contributed by atoms with Crippen molar-refractivity contribution in [3.05, 3.63) is 63.9 Å². The number of nitrogens with one attached hydrogen (secondary N) is 3.